The topological polar surface area (TPSA) is 71.4 Å². The van der Waals surface area contributed by atoms with Crippen LogP contribution in [0.25, 0.3) is 0 Å². The van der Waals surface area contributed by atoms with Crippen LogP contribution in [0.4, 0.5) is 0 Å². The van der Waals surface area contributed by atoms with Gasteiger partial charge in [-0.25, -0.2) is 0 Å². The molecular formula is C8H12O4. The molecule has 0 aromatic rings. The Morgan fingerprint density at radius 3 is 2.00 bits per heavy atom. The fourth-order valence-corrected chi connectivity index (χ4v) is 0.738. The van der Waals surface area contributed by atoms with Gasteiger partial charge in [-0.2, -0.15) is 0 Å². The number of carboxylic acid groups (broad SMARTS) is 1. The fraction of sp³-hybridized carbons (Fsp3) is 0.625. The predicted molar refractivity (Wildman–Crippen MR) is 41.8 cm³/mol. The van der Waals surface area contributed by atoms with E-state index in [1.807, 2.05) is 0 Å². The zero-order chi connectivity index (χ0) is 9.56. The highest BCUT2D eigenvalue weighted by Gasteiger charge is 2.06. The van der Waals surface area contributed by atoms with Crippen molar-refractivity contribution in [3.8, 4) is 0 Å². The summed E-state index contributed by atoms with van der Waals surface area (Å²) in [7, 11) is 0. The van der Waals surface area contributed by atoms with E-state index in [4.69, 9.17) is 5.11 Å². The first-order valence-electron chi connectivity index (χ1n) is 3.79. The predicted octanol–water partition coefficient (Wildman–Crippen LogP) is 0.789. The van der Waals surface area contributed by atoms with Gasteiger partial charge in [-0.3, -0.25) is 14.4 Å². The molecular weight excluding hydrogens is 160 g/mol. The van der Waals surface area contributed by atoms with Crippen LogP contribution in [0.15, 0.2) is 0 Å². The third-order valence-corrected chi connectivity index (χ3v) is 1.44. The number of carbonyl (C=O) groups is 3. The van der Waals surface area contributed by atoms with E-state index in [1.54, 1.807) is 0 Å². The fourth-order valence-electron chi connectivity index (χ4n) is 0.738. The van der Waals surface area contributed by atoms with Gasteiger partial charge in [-0.15, -0.1) is 0 Å². The molecule has 0 heterocycles. The number of carboxylic acids is 1. The number of hydrogen-bond acceptors (Lipinski definition) is 3. The number of carbonyl (C=O) groups excluding carboxylic acids is 2. The molecule has 0 atom stereocenters. The lowest BCUT2D eigenvalue weighted by Crippen LogP contribution is -2.08. The smallest absolute Gasteiger partial charge is 0.303 e. The SMILES string of the molecule is CC(=O)C(=O)CCCCC(=O)O. The van der Waals surface area contributed by atoms with Gasteiger partial charge in [0, 0.05) is 19.8 Å². The van der Waals surface area contributed by atoms with Gasteiger partial charge in [-0.1, -0.05) is 0 Å². The molecule has 0 radical (unpaired) electrons. The maximum atomic E-state index is 10.7. The van der Waals surface area contributed by atoms with Crippen molar-refractivity contribution in [2.45, 2.75) is 32.6 Å². The summed E-state index contributed by atoms with van der Waals surface area (Å²) in [5, 5.41) is 8.24. The summed E-state index contributed by atoms with van der Waals surface area (Å²) in [6.07, 6.45) is 1.16. The van der Waals surface area contributed by atoms with Gasteiger partial charge in [0.25, 0.3) is 0 Å². The largest absolute Gasteiger partial charge is 0.481 e. The number of Topliss-reactive ketones (excluding diaryl/α,β-unsaturated/α-hetero) is 2. The van der Waals surface area contributed by atoms with Crippen LogP contribution < -0.4 is 0 Å². The second-order valence-corrected chi connectivity index (χ2v) is 2.58. The number of hydrogen-bond donors (Lipinski definition) is 1. The molecule has 12 heavy (non-hydrogen) atoms. The van der Waals surface area contributed by atoms with Gasteiger partial charge in [0.1, 0.15) is 0 Å². The zero-order valence-electron chi connectivity index (χ0n) is 7.00. The maximum Gasteiger partial charge on any atom is 0.303 e. The van der Waals surface area contributed by atoms with E-state index in [0.717, 1.165) is 0 Å². The van der Waals surface area contributed by atoms with Crippen LogP contribution in [0.3, 0.4) is 0 Å². The Morgan fingerprint density at radius 2 is 1.58 bits per heavy atom. The molecule has 0 amide bonds. The monoisotopic (exact) mass is 172 g/mol. The second kappa shape index (κ2) is 5.46. The summed E-state index contributed by atoms with van der Waals surface area (Å²) in [5.74, 6) is -1.74. The van der Waals surface area contributed by atoms with Crippen molar-refractivity contribution in [3.05, 3.63) is 0 Å². The van der Waals surface area contributed by atoms with Crippen molar-refractivity contribution in [1.82, 2.24) is 0 Å². The molecule has 0 aliphatic rings. The lowest BCUT2D eigenvalue weighted by atomic mass is 10.1. The number of unbranched alkanes of at least 4 members (excludes halogenated alkanes) is 1. The Morgan fingerprint density at radius 1 is 1.08 bits per heavy atom. The van der Waals surface area contributed by atoms with Crippen molar-refractivity contribution in [2.75, 3.05) is 0 Å². The Kier molecular flexibility index (Phi) is 4.92. The van der Waals surface area contributed by atoms with Crippen LogP contribution in [0.1, 0.15) is 32.6 Å². The molecule has 0 saturated heterocycles. The van der Waals surface area contributed by atoms with E-state index < -0.39 is 17.5 Å². The normalized spacial score (nSPS) is 9.42. The van der Waals surface area contributed by atoms with Gasteiger partial charge >= 0.3 is 5.97 Å². The van der Waals surface area contributed by atoms with E-state index in [0.29, 0.717) is 12.8 Å². The van der Waals surface area contributed by atoms with Gasteiger partial charge < -0.3 is 5.11 Å². The zero-order valence-corrected chi connectivity index (χ0v) is 7.00. The van der Waals surface area contributed by atoms with Gasteiger partial charge in [0.15, 0.2) is 11.6 Å². The Balaban J connectivity index is 3.38. The van der Waals surface area contributed by atoms with Crippen molar-refractivity contribution >= 4 is 17.5 Å². The van der Waals surface area contributed by atoms with Gasteiger partial charge in [-0.05, 0) is 12.8 Å². The molecule has 0 rings (SSSR count). The third-order valence-electron chi connectivity index (χ3n) is 1.44. The Bertz CT molecular complexity index is 195. The number of aliphatic carboxylic acids is 1. The summed E-state index contributed by atoms with van der Waals surface area (Å²) in [6, 6.07) is 0. The van der Waals surface area contributed by atoms with Crippen molar-refractivity contribution in [3.63, 3.8) is 0 Å². The number of rotatable bonds is 6. The molecule has 1 N–H and O–H groups in total. The van der Waals surface area contributed by atoms with Crippen LogP contribution in [-0.2, 0) is 14.4 Å². The minimum absolute atomic E-state index is 0.0607. The summed E-state index contributed by atoms with van der Waals surface area (Å²) in [4.78, 5) is 31.1. The first-order chi connectivity index (χ1) is 5.54. The molecule has 68 valence electrons. The third kappa shape index (κ3) is 5.58. The molecule has 0 aromatic heterocycles. The van der Waals surface area contributed by atoms with Crippen LogP contribution in [-0.4, -0.2) is 22.6 Å². The highest BCUT2D eigenvalue weighted by atomic mass is 16.4. The minimum Gasteiger partial charge on any atom is -0.481 e. The average molecular weight is 172 g/mol. The van der Waals surface area contributed by atoms with Crippen molar-refractivity contribution in [2.24, 2.45) is 0 Å². The summed E-state index contributed by atoms with van der Waals surface area (Å²) in [6.45, 7) is 1.22. The summed E-state index contributed by atoms with van der Waals surface area (Å²) >= 11 is 0. The van der Waals surface area contributed by atoms with Crippen LogP contribution in [0.2, 0.25) is 0 Å². The molecule has 0 unspecified atom stereocenters. The van der Waals surface area contributed by atoms with Crippen molar-refractivity contribution in [1.29, 1.82) is 0 Å². The molecule has 0 aliphatic carbocycles. The van der Waals surface area contributed by atoms with Crippen LogP contribution in [0, 0.1) is 0 Å². The Hall–Kier alpha value is -1.19. The molecule has 0 saturated carbocycles. The van der Waals surface area contributed by atoms with E-state index >= 15 is 0 Å². The van der Waals surface area contributed by atoms with Gasteiger partial charge in [0.05, 0.1) is 0 Å². The molecule has 0 fully saturated rings. The second-order valence-electron chi connectivity index (χ2n) is 2.58. The van der Waals surface area contributed by atoms with E-state index in [-0.39, 0.29) is 12.8 Å². The van der Waals surface area contributed by atoms with E-state index in [9.17, 15) is 14.4 Å². The molecule has 0 aliphatic heterocycles. The van der Waals surface area contributed by atoms with Crippen molar-refractivity contribution < 1.29 is 19.5 Å². The number of ketones is 2. The minimum atomic E-state index is -0.870. The summed E-state index contributed by atoms with van der Waals surface area (Å²) in [5.41, 5.74) is 0. The van der Waals surface area contributed by atoms with Crippen LogP contribution >= 0.6 is 0 Å². The first kappa shape index (κ1) is 10.8. The average Bonchev–Trinajstić information content (AvgIpc) is 1.97. The van der Waals surface area contributed by atoms with E-state index in [1.165, 1.54) is 6.92 Å². The highest BCUT2D eigenvalue weighted by molar-refractivity contribution is 6.36. The summed E-state index contributed by atoms with van der Waals surface area (Å²) < 4.78 is 0. The molecule has 4 nitrogen and oxygen atoms in total. The first-order valence-corrected chi connectivity index (χ1v) is 3.79. The molecule has 4 heteroatoms. The lowest BCUT2D eigenvalue weighted by Gasteiger charge is -1.94. The van der Waals surface area contributed by atoms with E-state index in [2.05, 4.69) is 0 Å². The highest BCUT2D eigenvalue weighted by Crippen LogP contribution is 2.00. The quantitative estimate of drug-likeness (QED) is 0.475. The molecule has 0 aromatic carbocycles. The Labute approximate surface area is 70.6 Å². The molecule has 0 bridgehead atoms. The standard InChI is InChI=1S/C8H12O4/c1-6(9)7(10)4-2-3-5-8(11)12/h2-5H2,1H3,(H,11,12). The maximum absolute atomic E-state index is 10.7. The lowest BCUT2D eigenvalue weighted by molar-refractivity contribution is -0.137. The van der Waals surface area contributed by atoms with Gasteiger partial charge in [0.2, 0.25) is 0 Å². The molecule has 0 spiro atoms. The van der Waals surface area contributed by atoms with Crippen LogP contribution in [0.5, 0.6) is 0 Å².